The van der Waals surface area contributed by atoms with Gasteiger partial charge in [-0.1, -0.05) is 24.3 Å². The quantitative estimate of drug-likeness (QED) is 0.807. The molecular formula is C22H27N3O4. The molecule has 2 aromatic carbocycles. The first-order chi connectivity index (χ1) is 14.2. The van der Waals surface area contributed by atoms with Gasteiger partial charge in [-0.3, -0.25) is 9.69 Å². The van der Waals surface area contributed by atoms with Crippen LogP contribution in [0, 0.1) is 0 Å². The fraction of sp³-hybridized carbons (Fsp3) is 0.409. The average molecular weight is 397 g/mol. The van der Waals surface area contributed by atoms with Crippen molar-refractivity contribution in [1.29, 1.82) is 0 Å². The second-order valence-electron chi connectivity index (χ2n) is 7.36. The van der Waals surface area contributed by atoms with Gasteiger partial charge >= 0.3 is 0 Å². The Bertz CT molecular complexity index is 838. The lowest BCUT2D eigenvalue weighted by molar-refractivity contribution is -0.117. The second-order valence-corrected chi connectivity index (χ2v) is 7.36. The topological polar surface area (TPSA) is 63.3 Å². The number of morpholine rings is 1. The number of para-hydroxylation sites is 4. The summed E-state index contributed by atoms with van der Waals surface area (Å²) >= 11 is 0. The molecule has 154 valence electrons. The third kappa shape index (κ3) is 4.99. The number of ether oxygens (including phenoxy) is 3. The van der Waals surface area contributed by atoms with Gasteiger partial charge < -0.3 is 24.4 Å². The standard InChI is InChI=1S/C22H27N3O4/c1-24(14-17-16-28-20-8-4-5-9-21(20)29-17)15-22(26)23-18-6-2-3-7-19(18)25-10-12-27-13-11-25/h2-9,17H,10-16H2,1H3,(H,23,26). The SMILES string of the molecule is CN(CC(=O)Nc1ccccc1N1CCOCC1)CC1COc2ccccc2O1. The van der Waals surface area contributed by atoms with Crippen molar-refractivity contribution in [2.24, 2.45) is 0 Å². The maximum atomic E-state index is 12.6. The van der Waals surface area contributed by atoms with Gasteiger partial charge in [0.2, 0.25) is 5.91 Å². The van der Waals surface area contributed by atoms with Gasteiger partial charge in [-0.05, 0) is 31.3 Å². The lowest BCUT2D eigenvalue weighted by Gasteiger charge is -2.31. The number of rotatable bonds is 6. The fourth-order valence-electron chi connectivity index (χ4n) is 3.66. The zero-order chi connectivity index (χ0) is 20.1. The Hall–Kier alpha value is -2.77. The minimum absolute atomic E-state index is 0.0506. The molecule has 0 aromatic heterocycles. The molecule has 0 saturated carbocycles. The molecule has 1 amide bonds. The number of nitrogens with one attached hydrogen (secondary N) is 1. The van der Waals surface area contributed by atoms with Crippen LogP contribution in [0.15, 0.2) is 48.5 Å². The molecule has 4 rings (SSSR count). The summed E-state index contributed by atoms with van der Waals surface area (Å²) in [6, 6.07) is 15.6. The number of hydrogen-bond donors (Lipinski definition) is 1. The van der Waals surface area contributed by atoms with Gasteiger partial charge in [-0.2, -0.15) is 0 Å². The van der Waals surface area contributed by atoms with E-state index in [2.05, 4.69) is 10.2 Å². The van der Waals surface area contributed by atoms with Crippen LogP contribution in [0.25, 0.3) is 0 Å². The summed E-state index contributed by atoms with van der Waals surface area (Å²) in [5.74, 6) is 1.47. The summed E-state index contributed by atoms with van der Waals surface area (Å²) in [7, 11) is 1.91. The normalized spacial score (nSPS) is 18.6. The highest BCUT2D eigenvalue weighted by Crippen LogP contribution is 2.31. The minimum atomic E-state index is -0.108. The van der Waals surface area contributed by atoms with Crippen LogP contribution in [-0.4, -0.2) is 70.0 Å². The van der Waals surface area contributed by atoms with Crippen LogP contribution in [0.2, 0.25) is 0 Å². The van der Waals surface area contributed by atoms with E-state index in [-0.39, 0.29) is 18.6 Å². The van der Waals surface area contributed by atoms with E-state index in [1.807, 2.05) is 60.5 Å². The summed E-state index contributed by atoms with van der Waals surface area (Å²) in [5, 5.41) is 3.06. The van der Waals surface area contributed by atoms with Crippen molar-refractivity contribution < 1.29 is 19.0 Å². The number of carbonyl (C=O) groups is 1. The minimum Gasteiger partial charge on any atom is -0.486 e. The van der Waals surface area contributed by atoms with Crippen molar-refractivity contribution in [2.75, 3.05) is 63.3 Å². The number of nitrogens with zero attached hydrogens (tertiary/aromatic N) is 2. The molecule has 0 aliphatic carbocycles. The molecular weight excluding hydrogens is 370 g/mol. The molecule has 1 N–H and O–H groups in total. The monoisotopic (exact) mass is 397 g/mol. The van der Waals surface area contributed by atoms with E-state index in [1.54, 1.807) is 0 Å². The predicted molar refractivity (Wildman–Crippen MR) is 112 cm³/mol. The van der Waals surface area contributed by atoms with Gasteiger partial charge in [0.25, 0.3) is 0 Å². The molecule has 29 heavy (non-hydrogen) atoms. The van der Waals surface area contributed by atoms with E-state index < -0.39 is 0 Å². The zero-order valence-corrected chi connectivity index (χ0v) is 16.7. The van der Waals surface area contributed by atoms with Gasteiger partial charge in [-0.25, -0.2) is 0 Å². The van der Waals surface area contributed by atoms with Crippen molar-refractivity contribution in [3.63, 3.8) is 0 Å². The van der Waals surface area contributed by atoms with Crippen LogP contribution in [-0.2, 0) is 9.53 Å². The zero-order valence-electron chi connectivity index (χ0n) is 16.7. The second kappa shape index (κ2) is 9.15. The van der Waals surface area contributed by atoms with E-state index in [4.69, 9.17) is 14.2 Å². The van der Waals surface area contributed by atoms with Crippen molar-refractivity contribution in [3.05, 3.63) is 48.5 Å². The molecule has 2 heterocycles. The molecule has 2 aromatic rings. The first kappa shape index (κ1) is 19.5. The highest BCUT2D eigenvalue weighted by Gasteiger charge is 2.23. The van der Waals surface area contributed by atoms with Crippen molar-refractivity contribution >= 4 is 17.3 Å². The van der Waals surface area contributed by atoms with Crippen molar-refractivity contribution in [3.8, 4) is 11.5 Å². The lowest BCUT2D eigenvalue weighted by Crippen LogP contribution is -2.42. The molecule has 7 nitrogen and oxygen atoms in total. The van der Waals surface area contributed by atoms with Crippen molar-refractivity contribution in [1.82, 2.24) is 4.90 Å². The maximum absolute atomic E-state index is 12.6. The molecule has 2 aliphatic rings. The molecule has 0 bridgehead atoms. The summed E-state index contributed by atoms with van der Waals surface area (Å²) in [6.07, 6.45) is -0.108. The molecule has 1 atom stereocenters. The number of likely N-dealkylation sites (N-methyl/N-ethyl adjacent to an activating group) is 1. The molecule has 2 aliphatic heterocycles. The van der Waals surface area contributed by atoms with E-state index in [1.165, 1.54) is 0 Å². The Balaban J connectivity index is 1.31. The number of amides is 1. The molecule has 7 heteroatoms. The van der Waals surface area contributed by atoms with E-state index in [0.717, 1.165) is 36.0 Å². The number of carbonyl (C=O) groups excluding carboxylic acids is 1. The Kier molecular flexibility index (Phi) is 6.17. The van der Waals surface area contributed by atoms with Crippen LogP contribution >= 0.6 is 0 Å². The fourth-order valence-corrected chi connectivity index (χ4v) is 3.66. The molecule has 1 fully saturated rings. The summed E-state index contributed by atoms with van der Waals surface area (Å²) in [6.45, 7) is 4.42. The van der Waals surface area contributed by atoms with Gasteiger partial charge in [0.05, 0.1) is 31.1 Å². The number of benzene rings is 2. The van der Waals surface area contributed by atoms with Crippen LogP contribution in [0.5, 0.6) is 11.5 Å². The summed E-state index contributed by atoms with van der Waals surface area (Å²) < 4.78 is 17.2. The van der Waals surface area contributed by atoms with Gasteiger partial charge in [0, 0.05) is 19.6 Å². The van der Waals surface area contributed by atoms with E-state index >= 15 is 0 Å². The number of fused-ring (bicyclic) bond motifs is 1. The summed E-state index contributed by atoms with van der Waals surface area (Å²) in [5.41, 5.74) is 1.87. The van der Waals surface area contributed by atoms with Crippen LogP contribution in [0.3, 0.4) is 0 Å². The van der Waals surface area contributed by atoms with Gasteiger partial charge in [-0.15, -0.1) is 0 Å². The molecule has 1 unspecified atom stereocenters. The third-order valence-corrected chi connectivity index (χ3v) is 5.03. The predicted octanol–water partition coefficient (Wildman–Crippen LogP) is 2.23. The van der Waals surface area contributed by atoms with E-state index in [9.17, 15) is 4.79 Å². The molecule has 0 radical (unpaired) electrons. The Labute approximate surface area is 171 Å². The lowest BCUT2D eigenvalue weighted by atomic mass is 10.2. The van der Waals surface area contributed by atoms with Crippen molar-refractivity contribution in [2.45, 2.75) is 6.10 Å². The maximum Gasteiger partial charge on any atom is 0.238 e. The third-order valence-electron chi connectivity index (χ3n) is 5.03. The number of hydrogen-bond acceptors (Lipinski definition) is 6. The summed E-state index contributed by atoms with van der Waals surface area (Å²) in [4.78, 5) is 16.8. The first-order valence-electron chi connectivity index (χ1n) is 9.97. The molecule has 0 spiro atoms. The Morgan fingerprint density at radius 2 is 1.83 bits per heavy atom. The highest BCUT2D eigenvalue weighted by molar-refractivity contribution is 5.95. The smallest absolute Gasteiger partial charge is 0.238 e. The number of anilines is 2. The molecule has 1 saturated heterocycles. The van der Waals surface area contributed by atoms with Crippen LogP contribution in [0.4, 0.5) is 11.4 Å². The van der Waals surface area contributed by atoms with Crippen LogP contribution < -0.4 is 19.7 Å². The van der Waals surface area contributed by atoms with Gasteiger partial charge in [0.15, 0.2) is 11.5 Å². The Morgan fingerprint density at radius 1 is 1.10 bits per heavy atom. The van der Waals surface area contributed by atoms with Crippen LogP contribution in [0.1, 0.15) is 0 Å². The van der Waals surface area contributed by atoms with Gasteiger partial charge in [0.1, 0.15) is 12.7 Å². The van der Waals surface area contributed by atoms with E-state index in [0.29, 0.717) is 26.4 Å². The Morgan fingerprint density at radius 3 is 2.66 bits per heavy atom. The average Bonchev–Trinajstić information content (AvgIpc) is 2.74. The highest BCUT2D eigenvalue weighted by atomic mass is 16.6. The largest absolute Gasteiger partial charge is 0.486 e. The first-order valence-corrected chi connectivity index (χ1v) is 9.97.